The van der Waals surface area contributed by atoms with Crippen LogP contribution in [0.3, 0.4) is 0 Å². The van der Waals surface area contributed by atoms with Crippen molar-refractivity contribution in [3.63, 3.8) is 0 Å². The van der Waals surface area contributed by atoms with Crippen LogP contribution in [0.5, 0.6) is 0 Å². The molecule has 0 aromatic heterocycles. The number of nitrogens with one attached hydrogen (secondary N) is 1. The Morgan fingerprint density at radius 2 is 1.71 bits per heavy atom. The molecule has 0 saturated carbocycles. The predicted octanol–water partition coefficient (Wildman–Crippen LogP) is 1.79. The van der Waals surface area contributed by atoms with Crippen LogP contribution in [-0.2, 0) is 10.1 Å². The van der Waals surface area contributed by atoms with Crippen LogP contribution in [0.1, 0.15) is 11.1 Å². The molecule has 0 amide bonds. The highest BCUT2D eigenvalue weighted by atomic mass is 32.2. The van der Waals surface area contributed by atoms with Gasteiger partial charge in [0.1, 0.15) is 28.8 Å². The van der Waals surface area contributed by atoms with Gasteiger partial charge in [0.15, 0.2) is 5.57 Å². The molecule has 0 radical (unpaired) electrons. The minimum atomic E-state index is -4.53. The van der Waals surface area contributed by atoms with Gasteiger partial charge in [-0.05, 0) is 31.0 Å². The highest BCUT2D eigenvalue weighted by Gasteiger charge is 2.20. The number of hydrogen-bond donors (Lipinski definition) is 2. The molecule has 21 heavy (non-hydrogen) atoms. The van der Waals surface area contributed by atoms with E-state index in [0.717, 1.165) is 0 Å². The second-order valence-electron chi connectivity index (χ2n) is 4.14. The predicted molar refractivity (Wildman–Crippen MR) is 73.2 cm³/mol. The Bertz CT molecular complexity index is 833. The highest BCUT2D eigenvalue weighted by Crippen LogP contribution is 2.28. The van der Waals surface area contributed by atoms with Gasteiger partial charge < -0.3 is 5.32 Å². The molecule has 2 N–H and O–H groups in total. The van der Waals surface area contributed by atoms with E-state index in [1.165, 1.54) is 18.2 Å². The first-order chi connectivity index (χ1) is 9.74. The molecule has 0 saturated heterocycles. The van der Waals surface area contributed by atoms with Crippen molar-refractivity contribution in [2.75, 3.05) is 5.32 Å². The summed E-state index contributed by atoms with van der Waals surface area (Å²) in [6.07, 6.45) is 0. The standard InChI is InChI=1S/C13H10N4O3S/c1-8-3-9(2)13(12(4-8)21(18,19)20)17-11(7-16)10(5-14)6-15/h3-4,17H,1-2H3,(H,18,19,20). The van der Waals surface area contributed by atoms with Crippen molar-refractivity contribution in [3.05, 3.63) is 34.5 Å². The number of rotatable bonds is 3. The molecule has 1 aromatic carbocycles. The third-order valence-electron chi connectivity index (χ3n) is 2.56. The number of allylic oxidation sites excluding steroid dienone is 2. The molecule has 8 heteroatoms. The van der Waals surface area contributed by atoms with Gasteiger partial charge in [0.25, 0.3) is 10.1 Å². The van der Waals surface area contributed by atoms with Crippen molar-refractivity contribution in [2.45, 2.75) is 18.7 Å². The lowest BCUT2D eigenvalue weighted by atomic mass is 10.1. The smallest absolute Gasteiger partial charge is 0.296 e. The van der Waals surface area contributed by atoms with Gasteiger partial charge >= 0.3 is 0 Å². The van der Waals surface area contributed by atoms with Crippen molar-refractivity contribution in [3.8, 4) is 18.2 Å². The van der Waals surface area contributed by atoms with Crippen molar-refractivity contribution in [1.82, 2.24) is 0 Å². The molecule has 0 bridgehead atoms. The van der Waals surface area contributed by atoms with E-state index in [-0.39, 0.29) is 5.69 Å². The number of benzene rings is 1. The van der Waals surface area contributed by atoms with Gasteiger partial charge in [-0.1, -0.05) is 6.07 Å². The molecule has 0 atom stereocenters. The minimum absolute atomic E-state index is 0.0531. The fraction of sp³-hybridized carbons (Fsp3) is 0.154. The second kappa shape index (κ2) is 6.06. The third-order valence-corrected chi connectivity index (χ3v) is 3.43. The number of anilines is 1. The summed E-state index contributed by atoms with van der Waals surface area (Å²) in [4.78, 5) is -0.428. The Labute approximate surface area is 122 Å². The average molecular weight is 302 g/mol. The lowest BCUT2D eigenvalue weighted by Crippen LogP contribution is -2.09. The Morgan fingerprint density at radius 3 is 2.14 bits per heavy atom. The Balaban J connectivity index is 3.62. The molecular weight excluding hydrogens is 292 g/mol. The molecule has 0 unspecified atom stereocenters. The first-order valence-corrected chi connectivity index (χ1v) is 6.99. The van der Waals surface area contributed by atoms with Crippen LogP contribution in [0.15, 0.2) is 28.3 Å². The maximum absolute atomic E-state index is 11.4. The van der Waals surface area contributed by atoms with E-state index in [1.807, 2.05) is 0 Å². The van der Waals surface area contributed by atoms with E-state index in [1.54, 1.807) is 26.0 Å². The van der Waals surface area contributed by atoms with Crippen molar-refractivity contribution < 1.29 is 13.0 Å². The normalized spacial score (nSPS) is 9.90. The highest BCUT2D eigenvalue weighted by molar-refractivity contribution is 7.86. The molecule has 0 fully saturated rings. The van der Waals surface area contributed by atoms with Crippen LogP contribution in [0.25, 0.3) is 0 Å². The van der Waals surface area contributed by atoms with Crippen molar-refractivity contribution >= 4 is 15.8 Å². The fourth-order valence-electron chi connectivity index (χ4n) is 1.70. The largest absolute Gasteiger partial charge is 0.344 e. The summed E-state index contributed by atoms with van der Waals surface area (Å²) in [5.41, 5.74) is 0.0952. The topological polar surface area (TPSA) is 138 Å². The number of aryl methyl sites for hydroxylation is 2. The summed E-state index contributed by atoms with van der Waals surface area (Å²) in [6, 6.07) is 7.54. The molecule has 0 aliphatic carbocycles. The monoisotopic (exact) mass is 302 g/mol. The maximum atomic E-state index is 11.4. The summed E-state index contributed by atoms with van der Waals surface area (Å²) in [5.74, 6) is 0. The molecule has 1 aromatic rings. The first kappa shape index (κ1) is 16.2. The molecule has 0 aliphatic rings. The summed E-state index contributed by atoms with van der Waals surface area (Å²) >= 11 is 0. The molecule has 0 aliphatic heterocycles. The first-order valence-electron chi connectivity index (χ1n) is 5.55. The summed E-state index contributed by atoms with van der Waals surface area (Å²) in [5, 5.41) is 28.9. The van der Waals surface area contributed by atoms with Gasteiger partial charge in [0, 0.05) is 0 Å². The Hall–Kier alpha value is -2.86. The van der Waals surface area contributed by atoms with E-state index >= 15 is 0 Å². The van der Waals surface area contributed by atoms with Crippen LogP contribution >= 0.6 is 0 Å². The molecular formula is C13H10N4O3S. The van der Waals surface area contributed by atoms with Crippen LogP contribution in [0.4, 0.5) is 5.69 Å². The zero-order valence-corrected chi connectivity index (χ0v) is 12.0. The second-order valence-corrected chi connectivity index (χ2v) is 5.53. The molecule has 106 valence electrons. The van der Waals surface area contributed by atoms with Crippen LogP contribution in [0, 0.1) is 47.8 Å². The van der Waals surface area contributed by atoms with Crippen molar-refractivity contribution in [2.24, 2.45) is 0 Å². The van der Waals surface area contributed by atoms with E-state index in [9.17, 15) is 13.0 Å². The lowest BCUT2D eigenvalue weighted by molar-refractivity contribution is 0.483. The van der Waals surface area contributed by atoms with Gasteiger partial charge in [-0.25, -0.2) is 0 Å². The van der Waals surface area contributed by atoms with Gasteiger partial charge in [-0.15, -0.1) is 0 Å². The third kappa shape index (κ3) is 3.58. The van der Waals surface area contributed by atoms with E-state index < -0.39 is 26.3 Å². The maximum Gasteiger partial charge on any atom is 0.296 e. The molecule has 0 heterocycles. The fourth-order valence-corrected chi connectivity index (χ4v) is 2.51. The van der Waals surface area contributed by atoms with Gasteiger partial charge in [0.05, 0.1) is 5.69 Å². The van der Waals surface area contributed by atoms with Crippen LogP contribution in [-0.4, -0.2) is 13.0 Å². The van der Waals surface area contributed by atoms with Gasteiger partial charge in [0.2, 0.25) is 0 Å². The minimum Gasteiger partial charge on any atom is -0.344 e. The molecule has 7 nitrogen and oxygen atoms in total. The van der Waals surface area contributed by atoms with Crippen LogP contribution < -0.4 is 5.32 Å². The molecule has 1 rings (SSSR count). The van der Waals surface area contributed by atoms with Gasteiger partial charge in [-0.3, -0.25) is 4.55 Å². The zero-order valence-electron chi connectivity index (χ0n) is 11.2. The van der Waals surface area contributed by atoms with E-state index in [4.69, 9.17) is 15.8 Å². The molecule has 0 spiro atoms. The summed E-state index contributed by atoms with van der Waals surface area (Å²) in [6.45, 7) is 3.21. The Kier molecular flexibility index (Phi) is 4.67. The number of hydrogen-bond acceptors (Lipinski definition) is 6. The quantitative estimate of drug-likeness (QED) is 0.641. The zero-order chi connectivity index (χ0) is 16.2. The van der Waals surface area contributed by atoms with E-state index in [2.05, 4.69) is 5.32 Å². The SMILES string of the molecule is Cc1cc(C)c(NC(C#N)=C(C#N)C#N)c(S(=O)(=O)O)c1. The van der Waals surface area contributed by atoms with Crippen LogP contribution in [0.2, 0.25) is 0 Å². The van der Waals surface area contributed by atoms with E-state index in [0.29, 0.717) is 11.1 Å². The lowest BCUT2D eigenvalue weighted by Gasteiger charge is -2.13. The Morgan fingerprint density at radius 1 is 1.14 bits per heavy atom. The summed E-state index contributed by atoms with van der Waals surface area (Å²) < 4.78 is 32.1. The number of nitrogens with zero attached hydrogens (tertiary/aromatic N) is 3. The summed E-state index contributed by atoms with van der Waals surface area (Å²) in [7, 11) is -4.53. The number of nitriles is 3. The average Bonchev–Trinajstić information content (AvgIpc) is 2.39. The van der Waals surface area contributed by atoms with Crippen molar-refractivity contribution in [1.29, 1.82) is 15.8 Å². The van der Waals surface area contributed by atoms with Gasteiger partial charge in [-0.2, -0.15) is 24.2 Å².